The van der Waals surface area contributed by atoms with Crippen molar-refractivity contribution < 1.29 is 4.79 Å². The fourth-order valence-electron chi connectivity index (χ4n) is 1.71. The van der Waals surface area contributed by atoms with E-state index in [0.29, 0.717) is 6.54 Å². The van der Waals surface area contributed by atoms with E-state index in [4.69, 9.17) is 5.73 Å². The van der Waals surface area contributed by atoms with Crippen LogP contribution in [0.1, 0.15) is 43.7 Å². The Kier molecular flexibility index (Phi) is 6.29. The molecule has 0 aliphatic carbocycles. The summed E-state index contributed by atoms with van der Waals surface area (Å²) in [6.07, 6.45) is 2.88. The van der Waals surface area contributed by atoms with E-state index in [0.717, 1.165) is 29.8 Å². The molecular weight excluding hydrogens is 246 g/mol. The first kappa shape index (κ1) is 15.1. The average Bonchev–Trinajstić information content (AvgIpc) is 2.71. The van der Waals surface area contributed by atoms with Gasteiger partial charge in [0.2, 0.25) is 5.91 Å². The number of carbonyl (C=O) groups excluding carboxylic acids is 1. The topological polar surface area (TPSA) is 68.0 Å². The maximum Gasteiger partial charge on any atom is 0.223 e. The summed E-state index contributed by atoms with van der Waals surface area (Å²) in [6.45, 7) is 6.52. The Hall–Kier alpha value is -0.940. The van der Waals surface area contributed by atoms with E-state index in [1.54, 1.807) is 11.3 Å². The fourth-order valence-corrected chi connectivity index (χ4v) is 2.43. The van der Waals surface area contributed by atoms with Crippen molar-refractivity contribution in [2.75, 3.05) is 0 Å². The van der Waals surface area contributed by atoms with E-state index >= 15 is 0 Å². The lowest BCUT2D eigenvalue weighted by Crippen LogP contribution is -2.29. The first-order valence-corrected chi connectivity index (χ1v) is 7.31. The second-order valence-corrected chi connectivity index (χ2v) is 5.83. The number of aromatic nitrogens is 1. The van der Waals surface area contributed by atoms with Gasteiger partial charge >= 0.3 is 0 Å². The van der Waals surface area contributed by atoms with Crippen molar-refractivity contribution in [1.29, 1.82) is 0 Å². The average molecular weight is 269 g/mol. The van der Waals surface area contributed by atoms with Gasteiger partial charge in [0.15, 0.2) is 0 Å². The number of amides is 1. The van der Waals surface area contributed by atoms with Crippen molar-refractivity contribution in [2.45, 2.75) is 52.6 Å². The highest BCUT2D eigenvalue weighted by Crippen LogP contribution is 2.13. The molecule has 0 aliphatic heterocycles. The van der Waals surface area contributed by atoms with Gasteiger partial charge in [-0.3, -0.25) is 4.79 Å². The van der Waals surface area contributed by atoms with Crippen molar-refractivity contribution in [2.24, 2.45) is 11.7 Å². The van der Waals surface area contributed by atoms with Gasteiger partial charge in [-0.2, -0.15) is 0 Å². The smallest absolute Gasteiger partial charge is 0.223 e. The predicted octanol–water partition coefficient (Wildman–Crippen LogP) is 2.22. The van der Waals surface area contributed by atoms with Crippen LogP contribution in [0.15, 0.2) is 5.51 Å². The summed E-state index contributed by atoms with van der Waals surface area (Å²) in [6, 6.07) is 0.222. The molecule has 2 atom stereocenters. The first-order chi connectivity index (χ1) is 8.50. The Bertz CT molecular complexity index is 376. The molecule has 3 N–H and O–H groups in total. The van der Waals surface area contributed by atoms with Gasteiger partial charge in [-0.05, 0) is 26.7 Å². The third-order valence-electron chi connectivity index (χ3n) is 3.01. The molecule has 0 bridgehead atoms. The Labute approximate surface area is 113 Å². The fraction of sp³-hybridized carbons (Fsp3) is 0.692. The van der Waals surface area contributed by atoms with Gasteiger partial charge in [0.1, 0.15) is 0 Å². The number of carbonyl (C=O) groups is 1. The molecular formula is C13H23N3OS. The number of aryl methyl sites for hydroxylation is 1. The van der Waals surface area contributed by atoms with Crippen molar-refractivity contribution in [1.82, 2.24) is 10.3 Å². The number of nitrogens with two attached hydrogens (primary N) is 1. The molecule has 4 nitrogen and oxygen atoms in total. The molecule has 0 spiro atoms. The van der Waals surface area contributed by atoms with Crippen LogP contribution in [0.3, 0.4) is 0 Å². The van der Waals surface area contributed by atoms with Gasteiger partial charge in [-0.15, -0.1) is 11.3 Å². The monoisotopic (exact) mass is 269 g/mol. The third-order valence-corrected chi connectivity index (χ3v) is 3.95. The lowest BCUT2D eigenvalue weighted by atomic mass is 10.0. The Morgan fingerprint density at radius 1 is 1.50 bits per heavy atom. The van der Waals surface area contributed by atoms with E-state index in [2.05, 4.69) is 10.3 Å². The largest absolute Gasteiger partial charge is 0.351 e. The molecule has 0 saturated carbocycles. The summed E-state index contributed by atoms with van der Waals surface area (Å²) in [7, 11) is 0. The van der Waals surface area contributed by atoms with Crippen LogP contribution in [-0.2, 0) is 11.3 Å². The van der Waals surface area contributed by atoms with E-state index in [-0.39, 0.29) is 17.9 Å². The lowest BCUT2D eigenvalue weighted by molar-refractivity contribution is -0.124. The quantitative estimate of drug-likeness (QED) is 0.797. The summed E-state index contributed by atoms with van der Waals surface area (Å²) in [5.74, 6) is 0.171. The van der Waals surface area contributed by atoms with E-state index in [9.17, 15) is 4.79 Å². The Balaban J connectivity index is 2.25. The zero-order valence-corrected chi connectivity index (χ0v) is 12.2. The van der Waals surface area contributed by atoms with Gasteiger partial charge < -0.3 is 11.1 Å². The van der Waals surface area contributed by atoms with E-state index in [1.165, 1.54) is 0 Å². The van der Waals surface area contributed by atoms with Crippen LogP contribution in [0.5, 0.6) is 0 Å². The molecule has 1 rings (SSSR count). The second kappa shape index (κ2) is 7.48. The van der Waals surface area contributed by atoms with Gasteiger partial charge in [0.05, 0.1) is 17.7 Å². The van der Waals surface area contributed by atoms with E-state index in [1.807, 2.05) is 26.3 Å². The third kappa shape index (κ3) is 5.14. The van der Waals surface area contributed by atoms with Crippen LogP contribution in [0.25, 0.3) is 0 Å². The normalized spacial score (nSPS) is 14.2. The number of rotatable bonds is 7. The van der Waals surface area contributed by atoms with Crippen molar-refractivity contribution >= 4 is 17.2 Å². The molecule has 5 heteroatoms. The number of hydrogen-bond acceptors (Lipinski definition) is 4. The zero-order chi connectivity index (χ0) is 13.5. The Morgan fingerprint density at radius 2 is 2.22 bits per heavy atom. The SMILES string of the molecule is Cc1ncsc1CNC(=O)C(C)CCCC(C)N. The minimum atomic E-state index is 0.0528. The van der Waals surface area contributed by atoms with Gasteiger partial charge in [0.25, 0.3) is 0 Å². The predicted molar refractivity (Wildman–Crippen MR) is 75.4 cm³/mol. The first-order valence-electron chi connectivity index (χ1n) is 6.43. The van der Waals surface area contributed by atoms with Crippen LogP contribution < -0.4 is 11.1 Å². The summed E-state index contributed by atoms with van der Waals surface area (Å²) in [4.78, 5) is 17.2. The summed E-state index contributed by atoms with van der Waals surface area (Å²) in [5, 5.41) is 2.96. The van der Waals surface area contributed by atoms with Crippen LogP contribution in [0.2, 0.25) is 0 Å². The number of nitrogens with one attached hydrogen (secondary N) is 1. The minimum absolute atomic E-state index is 0.0528. The highest BCUT2D eigenvalue weighted by molar-refractivity contribution is 7.09. The molecule has 0 saturated heterocycles. The molecule has 1 amide bonds. The van der Waals surface area contributed by atoms with Crippen molar-refractivity contribution in [3.8, 4) is 0 Å². The lowest BCUT2D eigenvalue weighted by Gasteiger charge is -2.12. The summed E-state index contributed by atoms with van der Waals surface area (Å²) in [5.41, 5.74) is 8.50. The molecule has 102 valence electrons. The molecule has 1 aromatic heterocycles. The molecule has 2 unspecified atom stereocenters. The summed E-state index contributed by atoms with van der Waals surface area (Å²) < 4.78 is 0. The highest BCUT2D eigenvalue weighted by Gasteiger charge is 2.13. The standard InChI is InChI=1S/C13H23N3OS/c1-9(5-4-6-10(2)14)13(17)15-7-12-11(3)16-8-18-12/h8-10H,4-7,14H2,1-3H3,(H,15,17). The second-order valence-electron chi connectivity index (χ2n) is 4.89. The highest BCUT2D eigenvalue weighted by atomic mass is 32.1. The summed E-state index contributed by atoms with van der Waals surface area (Å²) >= 11 is 1.58. The molecule has 0 radical (unpaired) electrons. The minimum Gasteiger partial charge on any atom is -0.351 e. The van der Waals surface area contributed by atoms with Crippen LogP contribution in [0.4, 0.5) is 0 Å². The molecule has 0 fully saturated rings. The van der Waals surface area contributed by atoms with Crippen molar-refractivity contribution in [3.05, 3.63) is 16.1 Å². The molecule has 0 aliphatic rings. The molecule has 1 aromatic rings. The zero-order valence-electron chi connectivity index (χ0n) is 11.4. The van der Waals surface area contributed by atoms with Gasteiger partial charge in [0, 0.05) is 16.8 Å². The number of hydrogen-bond donors (Lipinski definition) is 2. The maximum atomic E-state index is 11.9. The molecule has 18 heavy (non-hydrogen) atoms. The van der Waals surface area contributed by atoms with Crippen LogP contribution in [-0.4, -0.2) is 16.9 Å². The van der Waals surface area contributed by atoms with Crippen molar-refractivity contribution in [3.63, 3.8) is 0 Å². The van der Waals surface area contributed by atoms with Gasteiger partial charge in [-0.1, -0.05) is 13.3 Å². The van der Waals surface area contributed by atoms with Crippen LogP contribution >= 0.6 is 11.3 Å². The Morgan fingerprint density at radius 3 is 2.78 bits per heavy atom. The maximum absolute atomic E-state index is 11.9. The molecule has 0 aromatic carbocycles. The number of nitrogens with zero attached hydrogens (tertiary/aromatic N) is 1. The van der Waals surface area contributed by atoms with Crippen LogP contribution in [0, 0.1) is 12.8 Å². The number of thiazole rings is 1. The van der Waals surface area contributed by atoms with E-state index < -0.39 is 0 Å². The molecule has 1 heterocycles. The van der Waals surface area contributed by atoms with Gasteiger partial charge in [-0.25, -0.2) is 4.98 Å².